The number of nitrogens with two attached hydrogens (primary N) is 1. The Morgan fingerprint density at radius 1 is 1.16 bits per heavy atom. The maximum absolute atomic E-state index is 12.6. The van der Waals surface area contributed by atoms with Crippen LogP contribution in [0.1, 0.15) is 5.69 Å². The first-order valence-electron chi connectivity index (χ1n) is 5.42. The van der Waals surface area contributed by atoms with Crippen LogP contribution in [-0.4, -0.2) is 18.3 Å². The Kier molecular flexibility index (Phi) is 3.09. The summed E-state index contributed by atoms with van der Waals surface area (Å²) in [5, 5.41) is 0.785. The third-order valence-electron chi connectivity index (χ3n) is 2.70. The molecule has 0 fully saturated rings. The summed E-state index contributed by atoms with van der Waals surface area (Å²) in [7, 11) is -2.70. The first-order chi connectivity index (χ1) is 8.60. The van der Waals surface area contributed by atoms with Crippen LogP contribution in [0.25, 0.3) is 10.9 Å². The summed E-state index contributed by atoms with van der Waals surface area (Å²) in [6, 6.07) is 4.99. The van der Waals surface area contributed by atoms with Gasteiger partial charge in [0.15, 0.2) is 0 Å². The maximum Gasteiger partial charge on any atom is 0.433 e. The van der Waals surface area contributed by atoms with Crippen molar-refractivity contribution < 1.29 is 17.7 Å². The summed E-state index contributed by atoms with van der Waals surface area (Å²) >= 11 is 0. The van der Waals surface area contributed by atoms with Gasteiger partial charge in [-0.15, -0.1) is 0 Å². The molecule has 2 rings (SSSR count). The average Bonchev–Trinajstić information content (AvgIpc) is 2.25. The van der Waals surface area contributed by atoms with Gasteiger partial charge in [-0.25, -0.2) is 4.98 Å². The molecule has 7 heteroatoms. The lowest BCUT2D eigenvalue weighted by Crippen LogP contribution is -2.13. The molecule has 1 aromatic heterocycles. The van der Waals surface area contributed by atoms with Crippen LogP contribution >= 0.6 is 7.14 Å². The zero-order valence-electron chi connectivity index (χ0n) is 10.3. The first kappa shape index (κ1) is 13.9. The van der Waals surface area contributed by atoms with Crippen LogP contribution in [0.2, 0.25) is 0 Å². The van der Waals surface area contributed by atoms with Crippen molar-refractivity contribution in [2.75, 3.05) is 19.1 Å². The highest BCUT2D eigenvalue weighted by molar-refractivity contribution is 7.71. The van der Waals surface area contributed by atoms with Crippen LogP contribution in [0.4, 0.5) is 18.9 Å². The van der Waals surface area contributed by atoms with E-state index in [1.165, 1.54) is 31.5 Å². The second-order valence-electron chi connectivity index (χ2n) is 4.62. The largest absolute Gasteiger partial charge is 0.433 e. The number of halogens is 3. The molecule has 1 aromatic carbocycles. The molecule has 0 saturated carbocycles. The minimum Gasteiger partial charge on any atom is -0.398 e. The fourth-order valence-corrected chi connectivity index (χ4v) is 3.43. The Morgan fingerprint density at radius 3 is 2.32 bits per heavy atom. The van der Waals surface area contributed by atoms with Crippen molar-refractivity contribution in [2.24, 2.45) is 0 Å². The summed E-state index contributed by atoms with van der Waals surface area (Å²) < 4.78 is 50.0. The van der Waals surface area contributed by atoms with Crippen molar-refractivity contribution in [1.29, 1.82) is 0 Å². The van der Waals surface area contributed by atoms with Crippen molar-refractivity contribution in [3.8, 4) is 0 Å². The fraction of sp³-hybridized carbons (Fsp3) is 0.250. The quantitative estimate of drug-likeness (QED) is 0.648. The molecule has 3 nitrogen and oxygen atoms in total. The monoisotopic (exact) mass is 288 g/mol. The number of fused-ring (bicyclic) bond motifs is 1. The number of rotatable bonds is 1. The predicted octanol–water partition coefficient (Wildman–Crippen LogP) is 3.08. The molecule has 1 heterocycles. The van der Waals surface area contributed by atoms with E-state index < -0.39 is 19.0 Å². The third-order valence-corrected chi connectivity index (χ3v) is 4.28. The van der Waals surface area contributed by atoms with E-state index >= 15 is 0 Å². The van der Waals surface area contributed by atoms with Gasteiger partial charge >= 0.3 is 6.18 Å². The van der Waals surface area contributed by atoms with Crippen LogP contribution in [-0.2, 0) is 10.7 Å². The number of aromatic nitrogens is 1. The highest BCUT2D eigenvalue weighted by Gasteiger charge is 2.33. The first-order valence-corrected chi connectivity index (χ1v) is 8.03. The number of benzene rings is 1. The van der Waals surface area contributed by atoms with Crippen LogP contribution in [0, 0.1) is 0 Å². The van der Waals surface area contributed by atoms with E-state index in [1.807, 2.05) is 0 Å². The van der Waals surface area contributed by atoms with Gasteiger partial charge in [0, 0.05) is 16.4 Å². The highest BCUT2D eigenvalue weighted by atomic mass is 31.2. The van der Waals surface area contributed by atoms with Crippen molar-refractivity contribution in [3.05, 3.63) is 30.0 Å². The minimum absolute atomic E-state index is 0.142. The van der Waals surface area contributed by atoms with Gasteiger partial charge < -0.3 is 10.3 Å². The highest BCUT2D eigenvalue weighted by Crippen LogP contribution is 2.40. The lowest BCUT2D eigenvalue weighted by atomic mass is 10.2. The fourth-order valence-electron chi connectivity index (χ4n) is 1.96. The van der Waals surface area contributed by atoms with Crippen LogP contribution in [0.15, 0.2) is 24.3 Å². The number of nitrogens with zero attached hydrogens (tertiary/aromatic N) is 1. The molecule has 0 aliphatic carbocycles. The summed E-state index contributed by atoms with van der Waals surface area (Å²) in [5.74, 6) is 0. The van der Waals surface area contributed by atoms with Gasteiger partial charge in [-0.2, -0.15) is 13.2 Å². The molecular weight excluding hydrogens is 276 g/mol. The summed E-state index contributed by atoms with van der Waals surface area (Å²) in [5.41, 5.74) is 5.25. The number of hydrogen-bond acceptors (Lipinski definition) is 3. The van der Waals surface area contributed by atoms with Crippen LogP contribution in [0.5, 0.6) is 0 Å². The summed E-state index contributed by atoms with van der Waals surface area (Å²) in [4.78, 5) is 3.56. The molecular formula is C12H12F3N2OP. The Morgan fingerprint density at radius 2 is 1.79 bits per heavy atom. The summed E-state index contributed by atoms with van der Waals surface area (Å²) in [6.45, 7) is 3.05. The molecule has 0 saturated heterocycles. The van der Waals surface area contributed by atoms with Gasteiger partial charge in [0.05, 0.1) is 5.52 Å². The minimum atomic E-state index is -4.50. The second kappa shape index (κ2) is 4.23. The molecule has 0 radical (unpaired) electrons. The van der Waals surface area contributed by atoms with Crippen LogP contribution < -0.4 is 11.0 Å². The van der Waals surface area contributed by atoms with Crippen molar-refractivity contribution in [1.82, 2.24) is 4.98 Å². The SMILES string of the molecule is CP(C)(=O)c1c(N)ccc2nc(C(F)(F)F)ccc12. The zero-order chi connectivity index (χ0) is 14.4. The molecule has 19 heavy (non-hydrogen) atoms. The van der Waals surface area contributed by atoms with Crippen LogP contribution in [0.3, 0.4) is 0 Å². The van der Waals surface area contributed by atoms with Gasteiger partial charge in [0.25, 0.3) is 0 Å². The van der Waals surface area contributed by atoms with E-state index in [1.54, 1.807) is 0 Å². The number of nitrogen functional groups attached to an aromatic ring is 1. The van der Waals surface area contributed by atoms with E-state index in [0.29, 0.717) is 16.4 Å². The zero-order valence-corrected chi connectivity index (χ0v) is 11.2. The lowest BCUT2D eigenvalue weighted by molar-refractivity contribution is -0.140. The average molecular weight is 288 g/mol. The van der Waals surface area contributed by atoms with Crippen molar-refractivity contribution >= 4 is 29.0 Å². The number of anilines is 1. The number of hydrogen-bond donors (Lipinski definition) is 1. The van der Waals surface area contributed by atoms with E-state index in [0.717, 1.165) is 6.07 Å². The standard InChI is InChI=1S/C12H12F3N2OP/c1-19(2,18)11-7-3-6-10(12(13,14)15)17-9(7)5-4-8(11)16/h3-6H,16H2,1-2H3. The molecule has 0 aliphatic rings. The van der Waals surface area contributed by atoms with E-state index in [2.05, 4.69) is 4.98 Å². The van der Waals surface area contributed by atoms with Gasteiger partial charge in [0.2, 0.25) is 0 Å². The molecule has 0 amide bonds. The molecule has 0 bridgehead atoms. The van der Waals surface area contributed by atoms with Crippen molar-refractivity contribution in [3.63, 3.8) is 0 Å². The van der Waals surface area contributed by atoms with E-state index in [-0.39, 0.29) is 5.52 Å². The van der Waals surface area contributed by atoms with E-state index in [4.69, 9.17) is 5.73 Å². The van der Waals surface area contributed by atoms with E-state index in [9.17, 15) is 17.7 Å². The lowest BCUT2D eigenvalue weighted by Gasteiger charge is -2.14. The van der Waals surface area contributed by atoms with Crippen molar-refractivity contribution in [2.45, 2.75) is 6.18 Å². The normalized spacial score (nSPS) is 12.9. The Balaban J connectivity index is 2.80. The van der Waals surface area contributed by atoms with Gasteiger partial charge in [-0.3, -0.25) is 0 Å². The Labute approximate surface area is 108 Å². The maximum atomic E-state index is 12.6. The molecule has 0 unspecified atom stereocenters. The molecule has 0 atom stereocenters. The molecule has 102 valence electrons. The molecule has 0 aliphatic heterocycles. The van der Waals surface area contributed by atoms with Gasteiger partial charge in [-0.1, -0.05) is 0 Å². The Hall–Kier alpha value is -1.55. The molecule has 2 aromatic rings. The molecule has 0 spiro atoms. The van der Waals surface area contributed by atoms with Gasteiger partial charge in [0.1, 0.15) is 12.8 Å². The second-order valence-corrected chi connectivity index (χ2v) is 7.76. The Bertz CT molecular complexity index is 691. The summed E-state index contributed by atoms with van der Waals surface area (Å²) in [6.07, 6.45) is -4.50. The number of alkyl halides is 3. The topological polar surface area (TPSA) is 56.0 Å². The number of pyridine rings is 1. The van der Waals surface area contributed by atoms with Gasteiger partial charge in [-0.05, 0) is 37.6 Å². The molecule has 2 N–H and O–H groups in total. The predicted molar refractivity (Wildman–Crippen MR) is 70.2 cm³/mol. The third kappa shape index (κ3) is 2.59. The smallest absolute Gasteiger partial charge is 0.398 e.